The first-order valence-electron chi connectivity index (χ1n) is 10.6. The van der Waals surface area contributed by atoms with Gasteiger partial charge in [-0.2, -0.15) is 0 Å². The number of H-pyrrole nitrogens is 1. The second-order valence-corrected chi connectivity index (χ2v) is 7.41. The Morgan fingerprint density at radius 2 is 1.69 bits per heavy atom. The molecule has 0 radical (unpaired) electrons. The SMILES string of the molecule is C=C(/C=C\C(=C)C(=C)/C=C(/F)C(=C)OC)CCc1ccc(-c2ccc(=O)[nH]c2)c(F)c1F.C=CC. The topological polar surface area (TPSA) is 42.1 Å². The van der Waals surface area contributed by atoms with E-state index in [9.17, 15) is 18.0 Å². The molecule has 0 fully saturated rings. The summed E-state index contributed by atoms with van der Waals surface area (Å²) in [7, 11) is 1.31. The van der Waals surface area contributed by atoms with Gasteiger partial charge in [-0.15, -0.1) is 6.58 Å². The van der Waals surface area contributed by atoms with Gasteiger partial charge in [0.25, 0.3) is 0 Å². The number of hydrogen-bond donors (Lipinski definition) is 1. The predicted octanol–water partition coefficient (Wildman–Crippen LogP) is 7.68. The lowest BCUT2D eigenvalue weighted by Crippen LogP contribution is -2.03. The fourth-order valence-electron chi connectivity index (χ4n) is 2.71. The lowest BCUT2D eigenvalue weighted by atomic mass is 9.99. The molecule has 0 unspecified atom stereocenters. The molecule has 2 aromatic rings. The molecule has 35 heavy (non-hydrogen) atoms. The number of allylic oxidation sites excluding steroid dienone is 8. The number of benzene rings is 1. The van der Waals surface area contributed by atoms with Crippen LogP contribution in [0, 0.1) is 11.6 Å². The van der Waals surface area contributed by atoms with Gasteiger partial charge in [0.1, 0.15) is 5.76 Å². The van der Waals surface area contributed by atoms with E-state index in [1.807, 2.05) is 6.92 Å². The summed E-state index contributed by atoms with van der Waals surface area (Å²) >= 11 is 0. The smallest absolute Gasteiger partial charge is 0.247 e. The van der Waals surface area contributed by atoms with Crippen molar-refractivity contribution in [3.05, 3.63) is 144 Å². The summed E-state index contributed by atoms with van der Waals surface area (Å²) in [6.45, 7) is 20.1. The number of methoxy groups -OCH3 is 1. The van der Waals surface area contributed by atoms with Crippen LogP contribution in [-0.2, 0) is 11.2 Å². The second kappa shape index (κ2) is 14.3. The van der Waals surface area contributed by atoms with E-state index >= 15 is 0 Å². The standard InChI is InChI=1S/C26H24F3NO2.C3H6/c1-16(6-8-17(2)18(3)14-23(27)19(4)32-5)7-9-20-10-12-22(26(29)25(20)28)21-11-13-24(31)30-15-21;1-3-2/h6,8,10-15H,1-4,7,9H2,5H3,(H,30,31);3H,1H2,2H3/b8-6-,23-14+;. The Balaban J connectivity index is 0.00000194. The van der Waals surface area contributed by atoms with Crippen LogP contribution in [0.15, 0.2) is 121 Å². The first kappa shape index (κ1) is 29.0. The zero-order valence-corrected chi connectivity index (χ0v) is 20.1. The molecule has 0 atom stereocenters. The van der Waals surface area contributed by atoms with Crippen LogP contribution in [0.5, 0.6) is 0 Å². The highest BCUT2D eigenvalue weighted by molar-refractivity contribution is 5.63. The van der Waals surface area contributed by atoms with Crippen LogP contribution in [0.4, 0.5) is 13.2 Å². The summed E-state index contributed by atoms with van der Waals surface area (Å²) < 4.78 is 47.5. The van der Waals surface area contributed by atoms with Crippen LogP contribution in [-0.4, -0.2) is 12.1 Å². The van der Waals surface area contributed by atoms with E-state index in [2.05, 4.69) is 37.9 Å². The highest BCUT2D eigenvalue weighted by atomic mass is 19.2. The lowest BCUT2D eigenvalue weighted by molar-refractivity contribution is 0.285. The van der Waals surface area contributed by atoms with Crippen molar-refractivity contribution in [1.82, 2.24) is 4.98 Å². The molecule has 0 aliphatic carbocycles. The molecule has 0 spiro atoms. The van der Waals surface area contributed by atoms with E-state index in [1.165, 1.54) is 37.6 Å². The Bertz CT molecular complexity index is 1210. The quantitative estimate of drug-likeness (QED) is 0.215. The van der Waals surface area contributed by atoms with Crippen molar-refractivity contribution >= 4 is 0 Å². The van der Waals surface area contributed by atoms with Crippen molar-refractivity contribution in [2.45, 2.75) is 19.8 Å². The number of aromatic nitrogens is 1. The zero-order chi connectivity index (χ0) is 26.5. The third kappa shape index (κ3) is 9.01. The van der Waals surface area contributed by atoms with Crippen LogP contribution in [0.3, 0.4) is 0 Å². The maximum Gasteiger partial charge on any atom is 0.247 e. The van der Waals surface area contributed by atoms with E-state index < -0.39 is 17.5 Å². The molecule has 1 heterocycles. The number of pyridine rings is 1. The van der Waals surface area contributed by atoms with Crippen molar-refractivity contribution in [2.75, 3.05) is 7.11 Å². The van der Waals surface area contributed by atoms with Crippen LogP contribution in [0.2, 0.25) is 0 Å². The Labute approximate surface area is 204 Å². The number of rotatable bonds is 10. The normalized spacial score (nSPS) is 10.8. The molecule has 184 valence electrons. The highest BCUT2D eigenvalue weighted by Crippen LogP contribution is 2.26. The molecule has 0 amide bonds. The molecule has 0 aliphatic rings. The minimum Gasteiger partial charge on any atom is -0.494 e. The Morgan fingerprint density at radius 3 is 2.26 bits per heavy atom. The maximum atomic E-state index is 14.5. The third-order valence-electron chi connectivity index (χ3n) is 4.72. The van der Waals surface area contributed by atoms with Gasteiger partial charge in [0.15, 0.2) is 17.5 Å². The van der Waals surface area contributed by atoms with Gasteiger partial charge in [-0.1, -0.05) is 62.2 Å². The monoisotopic (exact) mass is 481 g/mol. The van der Waals surface area contributed by atoms with Gasteiger partial charge in [0, 0.05) is 23.4 Å². The molecule has 0 aliphatic heterocycles. The highest BCUT2D eigenvalue weighted by Gasteiger charge is 2.15. The van der Waals surface area contributed by atoms with Crippen molar-refractivity contribution in [1.29, 1.82) is 0 Å². The lowest BCUT2D eigenvalue weighted by Gasteiger charge is -2.09. The minimum atomic E-state index is -0.980. The molecule has 1 N–H and O–H groups in total. The van der Waals surface area contributed by atoms with Gasteiger partial charge in [0.2, 0.25) is 5.56 Å². The average Bonchev–Trinajstić information content (AvgIpc) is 2.84. The van der Waals surface area contributed by atoms with Crippen molar-refractivity contribution in [2.24, 2.45) is 0 Å². The molecule has 1 aromatic heterocycles. The van der Waals surface area contributed by atoms with Gasteiger partial charge < -0.3 is 9.72 Å². The van der Waals surface area contributed by atoms with Gasteiger partial charge in [-0.05, 0) is 48.6 Å². The molecular weight excluding hydrogens is 451 g/mol. The fourth-order valence-corrected chi connectivity index (χ4v) is 2.71. The van der Waals surface area contributed by atoms with E-state index in [4.69, 9.17) is 4.74 Å². The molecule has 6 heteroatoms. The Hall–Kier alpha value is -4.06. The molecule has 2 rings (SSSR count). The zero-order valence-electron chi connectivity index (χ0n) is 20.1. The first-order chi connectivity index (χ1) is 16.5. The molecular formula is C29H30F3NO2. The van der Waals surface area contributed by atoms with Gasteiger partial charge in [0.05, 0.1) is 7.11 Å². The maximum absolute atomic E-state index is 14.5. The number of aryl methyl sites for hydroxylation is 1. The average molecular weight is 482 g/mol. The minimum absolute atomic E-state index is 0.0625. The fraction of sp³-hybridized carbons (Fsp3) is 0.138. The molecule has 0 saturated carbocycles. The van der Waals surface area contributed by atoms with Gasteiger partial charge in [-0.25, -0.2) is 13.2 Å². The van der Waals surface area contributed by atoms with E-state index in [0.717, 1.165) is 6.08 Å². The molecule has 3 nitrogen and oxygen atoms in total. The van der Waals surface area contributed by atoms with Gasteiger partial charge >= 0.3 is 0 Å². The van der Waals surface area contributed by atoms with Crippen LogP contribution >= 0.6 is 0 Å². The number of nitrogens with one attached hydrogen (secondary N) is 1. The summed E-state index contributed by atoms with van der Waals surface area (Å²) in [5.41, 5.74) is 1.74. The van der Waals surface area contributed by atoms with Crippen LogP contribution in [0.25, 0.3) is 11.1 Å². The van der Waals surface area contributed by atoms with Crippen LogP contribution < -0.4 is 5.56 Å². The number of aromatic amines is 1. The van der Waals surface area contributed by atoms with Crippen molar-refractivity contribution in [3.63, 3.8) is 0 Å². The summed E-state index contributed by atoms with van der Waals surface area (Å²) in [5, 5.41) is 0. The number of ether oxygens (including phenoxy) is 1. The van der Waals surface area contributed by atoms with E-state index in [0.29, 0.717) is 28.7 Å². The summed E-state index contributed by atoms with van der Waals surface area (Å²) in [4.78, 5) is 13.6. The number of halogens is 3. The van der Waals surface area contributed by atoms with E-state index in [1.54, 1.807) is 18.2 Å². The first-order valence-corrected chi connectivity index (χ1v) is 10.6. The third-order valence-corrected chi connectivity index (χ3v) is 4.72. The largest absolute Gasteiger partial charge is 0.494 e. The summed E-state index contributed by atoms with van der Waals surface area (Å²) in [5.74, 6) is -2.70. The molecule has 0 saturated heterocycles. The number of hydrogen-bond acceptors (Lipinski definition) is 2. The summed E-state index contributed by atoms with van der Waals surface area (Å²) in [6.07, 6.45) is 8.11. The Kier molecular flexibility index (Phi) is 11.8. The van der Waals surface area contributed by atoms with Crippen molar-refractivity contribution in [3.8, 4) is 11.1 Å². The second-order valence-electron chi connectivity index (χ2n) is 7.41. The Morgan fingerprint density at radius 1 is 1.03 bits per heavy atom. The molecule has 1 aromatic carbocycles. The molecule has 0 bridgehead atoms. The van der Waals surface area contributed by atoms with E-state index in [-0.39, 0.29) is 28.9 Å². The van der Waals surface area contributed by atoms with Crippen molar-refractivity contribution < 1.29 is 17.9 Å². The van der Waals surface area contributed by atoms with Gasteiger partial charge in [-0.3, -0.25) is 4.79 Å². The predicted molar refractivity (Wildman–Crippen MR) is 139 cm³/mol. The van der Waals surface area contributed by atoms with Crippen LogP contribution in [0.1, 0.15) is 18.9 Å². The summed E-state index contributed by atoms with van der Waals surface area (Å²) in [6, 6.07) is 5.65.